The summed E-state index contributed by atoms with van der Waals surface area (Å²) in [5.41, 5.74) is 1.97. The third-order valence-electron chi connectivity index (χ3n) is 4.19. The Balaban J connectivity index is 1.28. The minimum absolute atomic E-state index is 0.156. The van der Waals surface area contributed by atoms with E-state index in [1.54, 1.807) is 11.3 Å². The zero-order valence-corrected chi connectivity index (χ0v) is 15.1. The molecule has 0 spiro atoms. The van der Waals surface area contributed by atoms with Gasteiger partial charge in [-0.05, 0) is 29.8 Å². The molecule has 2 aromatic carbocycles. The molecule has 1 aliphatic rings. The largest absolute Gasteiger partial charge is 0.454 e. The predicted molar refractivity (Wildman–Crippen MR) is 101 cm³/mol. The van der Waals surface area contributed by atoms with Crippen molar-refractivity contribution in [2.24, 2.45) is 0 Å². The lowest BCUT2D eigenvalue weighted by molar-refractivity contribution is 0.174. The number of hydrogen-bond acceptors (Lipinski definition) is 5. The number of carbonyl (C=O) groups excluding carboxylic acids is 1. The number of nitrogens with one attached hydrogen (secondary N) is 2. The Hall–Kier alpha value is -2.80. The number of thiazole rings is 1. The van der Waals surface area contributed by atoms with E-state index in [-0.39, 0.29) is 18.7 Å². The highest BCUT2D eigenvalue weighted by molar-refractivity contribution is 7.18. The van der Waals surface area contributed by atoms with Crippen LogP contribution in [-0.4, -0.2) is 24.4 Å². The third-order valence-corrected chi connectivity index (χ3v) is 5.46. The van der Waals surface area contributed by atoms with E-state index in [2.05, 4.69) is 28.6 Å². The van der Waals surface area contributed by atoms with Gasteiger partial charge in [0.25, 0.3) is 0 Å². The topological polar surface area (TPSA) is 72.5 Å². The summed E-state index contributed by atoms with van der Waals surface area (Å²) in [4.78, 5) is 16.7. The van der Waals surface area contributed by atoms with Crippen molar-refractivity contribution in [2.45, 2.75) is 19.4 Å². The molecular weight excluding hydrogens is 350 g/mol. The van der Waals surface area contributed by atoms with Gasteiger partial charge in [-0.1, -0.05) is 25.1 Å². The van der Waals surface area contributed by atoms with Crippen molar-refractivity contribution in [3.8, 4) is 11.5 Å². The highest BCUT2D eigenvalue weighted by Crippen LogP contribution is 2.32. The molecule has 0 radical (unpaired) electrons. The first-order valence-corrected chi connectivity index (χ1v) is 9.26. The molecular formula is C19H19N3O3S. The van der Waals surface area contributed by atoms with Crippen LogP contribution in [0.4, 0.5) is 4.79 Å². The first-order chi connectivity index (χ1) is 12.7. The van der Waals surface area contributed by atoms with Crippen LogP contribution in [0.1, 0.15) is 23.4 Å². The van der Waals surface area contributed by atoms with Crippen LogP contribution in [0.5, 0.6) is 11.5 Å². The van der Waals surface area contributed by atoms with Crippen molar-refractivity contribution in [2.75, 3.05) is 13.3 Å². The molecule has 0 bridgehead atoms. The molecule has 3 aromatic rings. The number of fused-ring (bicyclic) bond motifs is 2. The van der Waals surface area contributed by atoms with Crippen LogP contribution >= 0.6 is 11.3 Å². The molecule has 0 saturated heterocycles. The maximum Gasteiger partial charge on any atom is 0.315 e. The van der Waals surface area contributed by atoms with Gasteiger partial charge in [0.15, 0.2) is 11.5 Å². The SMILES string of the molecule is C[C@@H](CNC(=O)NCc1ccc2c(c1)OCO2)c1nc2ccccc2s1. The Morgan fingerprint density at radius 1 is 1.19 bits per heavy atom. The van der Waals surface area contributed by atoms with Gasteiger partial charge < -0.3 is 20.1 Å². The fourth-order valence-corrected chi connectivity index (χ4v) is 3.75. The molecule has 2 N–H and O–H groups in total. The Morgan fingerprint density at radius 3 is 2.92 bits per heavy atom. The smallest absolute Gasteiger partial charge is 0.315 e. The van der Waals surface area contributed by atoms with Gasteiger partial charge in [-0.15, -0.1) is 11.3 Å². The molecule has 1 aliphatic heterocycles. The lowest BCUT2D eigenvalue weighted by Crippen LogP contribution is -2.37. The molecule has 4 rings (SSSR count). The highest BCUT2D eigenvalue weighted by Gasteiger charge is 2.14. The van der Waals surface area contributed by atoms with Crippen molar-refractivity contribution in [1.82, 2.24) is 15.6 Å². The van der Waals surface area contributed by atoms with Gasteiger partial charge in [-0.3, -0.25) is 0 Å². The number of aromatic nitrogens is 1. The standard InChI is InChI=1S/C19H19N3O3S/c1-12(18-22-14-4-2-3-5-17(14)26-18)9-20-19(23)21-10-13-6-7-15-16(8-13)25-11-24-15/h2-8,12H,9-11H2,1H3,(H2,20,21,23)/t12-/m0/s1. The summed E-state index contributed by atoms with van der Waals surface area (Å²) in [5.74, 6) is 1.61. The molecule has 2 heterocycles. The zero-order valence-electron chi connectivity index (χ0n) is 14.3. The molecule has 2 amide bonds. The van der Waals surface area contributed by atoms with Gasteiger partial charge in [0.05, 0.1) is 15.2 Å². The quantitative estimate of drug-likeness (QED) is 0.720. The number of nitrogens with zero attached hydrogens (tertiary/aromatic N) is 1. The molecule has 6 nitrogen and oxygen atoms in total. The number of benzene rings is 2. The molecule has 1 atom stereocenters. The maximum atomic E-state index is 12.1. The number of rotatable bonds is 5. The fourth-order valence-electron chi connectivity index (χ4n) is 2.73. The number of urea groups is 1. The van der Waals surface area contributed by atoms with E-state index in [0.29, 0.717) is 18.8 Å². The Labute approximate surface area is 155 Å². The number of ether oxygens (including phenoxy) is 2. The van der Waals surface area contributed by atoms with E-state index >= 15 is 0 Å². The lowest BCUT2D eigenvalue weighted by atomic mass is 10.2. The van der Waals surface area contributed by atoms with Crippen LogP contribution in [0.15, 0.2) is 42.5 Å². The van der Waals surface area contributed by atoms with Crippen molar-refractivity contribution in [3.63, 3.8) is 0 Å². The Bertz CT molecular complexity index is 908. The number of para-hydroxylation sites is 1. The van der Waals surface area contributed by atoms with Crippen molar-refractivity contribution >= 4 is 27.6 Å². The highest BCUT2D eigenvalue weighted by atomic mass is 32.1. The van der Waals surface area contributed by atoms with E-state index in [1.165, 1.54) is 4.70 Å². The van der Waals surface area contributed by atoms with E-state index in [0.717, 1.165) is 21.8 Å². The van der Waals surface area contributed by atoms with Crippen molar-refractivity contribution in [3.05, 3.63) is 53.0 Å². The Morgan fingerprint density at radius 2 is 2.04 bits per heavy atom. The van der Waals surface area contributed by atoms with Crippen molar-refractivity contribution in [1.29, 1.82) is 0 Å². The summed E-state index contributed by atoms with van der Waals surface area (Å²) in [6.07, 6.45) is 0. The van der Waals surface area contributed by atoms with E-state index in [9.17, 15) is 4.79 Å². The molecule has 1 aromatic heterocycles. The number of carbonyl (C=O) groups is 1. The first-order valence-electron chi connectivity index (χ1n) is 8.45. The van der Waals surface area contributed by atoms with Gasteiger partial charge in [-0.2, -0.15) is 0 Å². The van der Waals surface area contributed by atoms with Gasteiger partial charge in [0.2, 0.25) is 6.79 Å². The molecule has 134 valence electrons. The van der Waals surface area contributed by atoms with E-state index in [4.69, 9.17) is 9.47 Å². The van der Waals surface area contributed by atoms with Crippen LogP contribution < -0.4 is 20.1 Å². The molecule has 7 heteroatoms. The van der Waals surface area contributed by atoms with E-state index < -0.39 is 0 Å². The van der Waals surface area contributed by atoms with Crippen LogP contribution in [0.25, 0.3) is 10.2 Å². The number of hydrogen-bond donors (Lipinski definition) is 2. The summed E-state index contributed by atoms with van der Waals surface area (Å²) < 4.78 is 11.8. The van der Waals surface area contributed by atoms with Gasteiger partial charge in [0.1, 0.15) is 0 Å². The van der Waals surface area contributed by atoms with Gasteiger partial charge >= 0.3 is 6.03 Å². The van der Waals surface area contributed by atoms with Crippen molar-refractivity contribution < 1.29 is 14.3 Å². The van der Waals surface area contributed by atoms with E-state index in [1.807, 2.05) is 36.4 Å². The summed E-state index contributed by atoms with van der Waals surface area (Å²) in [6.45, 7) is 3.27. The summed E-state index contributed by atoms with van der Waals surface area (Å²) >= 11 is 1.67. The van der Waals surface area contributed by atoms with Gasteiger partial charge in [0, 0.05) is 19.0 Å². The summed E-state index contributed by atoms with van der Waals surface area (Å²) in [6, 6.07) is 13.5. The maximum absolute atomic E-state index is 12.1. The number of amides is 2. The normalized spacial score (nSPS) is 13.6. The fraction of sp³-hybridized carbons (Fsp3) is 0.263. The lowest BCUT2D eigenvalue weighted by Gasteiger charge is -2.11. The summed E-state index contributed by atoms with van der Waals surface area (Å²) in [5, 5.41) is 6.80. The third kappa shape index (κ3) is 3.57. The predicted octanol–water partition coefficient (Wildman–Crippen LogP) is 3.63. The summed E-state index contributed by atoms with van der Waals surface area (Å²) in [7, 11) is 0. The van der Waals surface area contributed by atoms with Gasteiger partial charge in [-0.25, -0.2) is 9.78 Å². The minimum atomic E-state index is -0.198. The van der Waals surface area contributed by atoms with Crippen LogP contribution in [0, 0.1) is 0 Å². The molecule has 26 heavy (non-hydrogen) atoms. The minimum Gasteiger partial charge on any atom is -0.454 e. The Kier molecular flexibility index (Phi) is 4.62. The average molecular weight is 369 g/mol. The molecule has 0 fully saturated rings. The monoisotopic (exact) mass is 369 g/mol. The second-order valence-electron chi connectivity index (χ2n) is 6.17. The first kappa shape index (κ1) is 16.7. The second kappa shape index (κ2) is 7.21. The zero-order chi connectivity index (χ0) is 17.9. The molecule has 0 aliphatic carbocycles. The second-order valence-corrected chi connectivity index (χ2v) is 7.23. The van der Waals surface area contributed by atoms with Crippen LogP contribution in [0.2, 0.25) is 0 Å². The van der Waals surface area contributed by atoms with Crippen LogP contribution in [0.3, 0.4) is 0 Å². The average Bonchev–Trinajstić information content (AvgIpc) is 3.30. The van der Waals surface area contributed by atoms with Crippen LogP contribution in [-0.2, 0) is 6.54 Å². The molecule has 0 saturated carbocycles. The molecule has 0 unspecified atom stereocenters.